The van der Waals surface area contributed by atoms with Gasteiger partial charge in [0, 0.05) is 12.8 Å². The molecule has 0 bridgehead atoms. The molecule has 0 spiro atoms. The van der Waals surface area contributed by atoms with Crippen LogP contribution in [0.4, 0.5) is 0 Å². The molecule has 390 valence electrons. The second kappa shape index (κ2) is 55.9. The van der Waals surface area contributed by atoms with Gasteiger partial charge >= 0.3 is 5.97 Å². The monoisotopic (exact) mass is 930 g/mol. The SMILES string of the molecule is CCCC/C=C\C/C=C\CCCCCCCC(=O)OCCCCCCCCCCCCCCCC(=O)NC(CO)C(O)CCCCCCCCCCCCCCCCCCCCCCCC. The Bertz CT molecular complexity index is 1030. The molecule has 0 aromatic carbocycles. The number of unbranched alkanes of at least 4 members (excludes halogenated alkanes) is 40. The largest absolute Gasteiger partial charge is 0.466 e. The maximum atomic E-state index is 12.5. The van der Waals surface area contributed by atoms with Gasteiger partial charge in [-0.3, -0.25) is 9.59 Å². The molecule has 0 rings (SSSR count). The molecule has 0 saturated heterocycles. The zero-order valence-electron chi connectivity index (χ0n) is 44.4. The van der Waals surface area contributed by atoms with Gasteiger partial charge in [0.2, 0.25) is 5.91 Å². The Morgan fingerprint density at radius 3 is 1.20 bits per heavy atom. The smallest absolute Gasteiger partial charge is 0.305 e. The molecular weight excluding hydrogens is 815 g/mol. The molecule has 1 amide bonds. The third-order valence-electron chi connectivity index (χ3n) is 13.8. The van der Waals surface area contributed by atoms with Crippen LogP contribution in [-0.4, -0.2) is 47.4 Å². The van der Waals surface area contributed by atoms with E-state index in [1.807, 2.05) is 0 Å². The van der Waals surface area contributed by atoms with E-state index >= 15 is 0 Å². The number of carbonyl (C=O) groups excluding carboxylic acids is 2. The number of hydrogen-bond acceptors (Lipinski definition) is 5. The molecule has 66 heavy (non-hydrogen) atoms. The summed E-state index contributed by atoms with van der Waals surface area (Å²) in [5.74, 6) is -0.0648. The minimum absolute atomic E-state index is 0.0192. The molecule has 0 aliphatic rings. The Morgan fingerprint density at radius 2 is 0.773 bits per heavy atom. The molecule has 0 aromatic heterocycles. The number of nitrogens with one attached hydrogen (secondary N) is 1. The lowest BCUT2D eigenvalue weighted by atomic mass is 10.0. The maximum absolute atomic E-state index is 12.5. The fourth-order valence-electron chi connectivity index (χ4n) is 9.19. The molecule has 0 radical (unpaired) electrons. The van der Waals surface area contributed by atoms with Gasteiger partial charge in [0.15, 0.2) is 0 Å². The number of ether oxygens (including phenoxy) is 1. The van der Waals surface area contributed by atoms with Gasteiger partial charge in [-0.25, -0.2) is 0 Å². The lowest BCUT2D eigenvalue weighted by molar-refractivity contribution is -0.143. The van der Waals surface area contributed by atoms with Gasteiger partial charge in [-0.1, -0.05) is 282 Å². The third kappa shape index (κ3) is 51.7. The fourth-order valence-corrected chi connectivity index (χ4v) is 9.19. The number of aliphatic hydroxyl groups excluding tert-OH is 2. The summed E-state index contributed by atoms with van der Waals surface area (Å²) in [6, 6.07) is -0.553. The summed E-state index contributed by atoms with van der Waals surface area (Å²) in [5.41, 5.74) is 0. The molecule has 6 heteroatoms. The number of amides is 1. The Kier molecular flexibility index (Phi) is 54.5. The summed E-state index contributed by atoms with van der Waals surface area (Å²) in [7, 11) is 0. The molecule has 2 unspecified atom stereocenters. The van der Waals surface area contributed by atoms with Crippen molar-refractivity contribution in [2.45, 2.75) is 334 Å². The van der Waals surface area contributed by atoms with E-state index in [-0.39, 0.29) is 18.5 Å². The van der Waals surface area contributed by atoms with Gasteiger partial charge in [0.1, 0.15) is 0 Å². The summed E-state index contributed by atoms with van der Waals surface area (Å²) >= 11 is 0. The highest BCUT2D eigenvalue weighted by atomic mass is 16.5. The predicted molar refractivity (Wildman–Crippen MR) is 287 cm³/mol. The van der Waals surface area contributed by atoms with E-state index in [9.17, 15) is 19.8 Å². The zero-order chi connectivity index (χ0) is 47.9. The Labute approximate surface area is 411 Å². The average Bonchev–Trinajstić information content (AvgIpc) is 3.32. The normalized spacial score (nSPS) is 12.7. The zero-order valence-corrected chi connectivity index (χ0v) is 44.4. The van der Waals surface area contributed by atoms with E-state index < -0.39 is 12.1 Å². The number of esters is 1. The quantitative estimate of drug-likeness (QED) is 0.0321. The van der Waals surface area contributed by atoms with Crippen LogP contribution in [0.15, 0.2) is 24.3 Å². The standard InChI is InChI=1S/C60H115NO5/c1-3-5-7-9-11-13-15-17-19-20-21-22-23-24-25-26-28-32-36-40-44-48-52-58(63)57(56-62)61-59(64)53-49-45-41-37-33-29-27-31-35-39-43-47-51-55-66-60(65)54-50-46-42-38-34-30-18-16-14-12-10-8-6-4-2/h10,12,16,18,57-58,62-63H,3-9,11,13-15,17,19-56H2,1-2H3,(H,61,64)/b12-10-,18-16-. The van der Waals surface area contributed by atoms with Crippen LogP contribution in [0, 0.1) is 0 Å². The highest BCUT2D eigenvalue weighted by Crippen LogP contribution is 2.18. The van der Waals surface area contributed by atoms with Crippen molar-refractivity contribution < 1.29 is 24.5 Å². The number of allylic oxidation sites excluding steroid dienone is 4. The second-order valence-corrected chi connectivity index (χ2v) is 20.3. The third-order valence-corrected chi connectivity index (χ3v) is 13.8. The summed E-state index contributed by atoms with van der Waals surface area (Å²) in [6.07, 6.45) is 67.4. The first-order valence-electron chi connectivity index (χ1n) is 29.6. The van der Waals surface area contributed by atoms with Gasteiger partial charge in [0.05, 0.1) is 25.4 Å². The highest BCUT2D eigenvalue weighted by Gasteiger charge is 2.20. The summed E-state index contributed by atoms with van der Waals surface area (Å²) < 4.78 is 5.46. The molecule has 0 aliphatic carbocycles. The van der Waals surface area contributed by atoms with Gasteiger partial charge in [-0.15, -0.1) is 0 Å². The first kappa shape index (κ1) is 64.3. The number of hydrogen-bond donors (Lipinski definition) is 3. The van der Waals surface area contributed by atoms with Crippen LogP contribution in [0.1, 0.15) is 322 Å². The van der Waals surface area contributed by atoms with Gasteiger partial charge < -0.3 is 20.3 Å². The Balaban J connectivity index is 3.45. The molecule has 6 nitrogen and oxygen atoms in total. The Hall–Kier alpha value is -1.66. The van der Waals surface area contributed by atoms with E-state index in [4.69, 9.17) is 4.74 Å². The average molecular weight is 931 g/mol. The topological polar surface area (TPSA) is 95.9 Å². The van der Waals surface area contributed by atoms with E-state index in [2.05, 4.69) is 43.5 Å². The minimum Gasteiger partial charge on any atom is -0.466 e. The first-order chi connectivity index (χ1) is 32.5. The van der Waals surface area contributed by atoms with Crippen molar-refractivity contribution in [3.8, 4) is 0 Å². The van der Waals surface area contributed by atoms with Crippen LogP contribution < -0.4 is 5.32 Å². The number of carbonyl (C=O) groups is 2. The summed E-state index contributed by atoms with van der Waals surface area (Å²) in [5, 5.41) is 23.4. The van der Waals surface area contributed by atoms with E-state index in [1.54, 1.807) is 0 Å². The van der Waals surface area contributed by atoms with E-state index in [1.165, 1.54) is 231 Å². The van der Waals surface area contributed by atoms with Gasteiger partial charge in [-0.2, -0.15) is 0 Å². The van der Waals surface area contributed by atoms with Gasteiger partial charge in [-0.05, 0) is 51.4 Å². The van der Waals surface area contributed by atoms with Crippen molar-refractivity contribution in [2.75, 3.05) is 13.2 Å². The van der Waals surface area contributed by atoms with Crippen LogP contribution in [0.3, 0.4) is 0 Å². The fraction of sp³-hybridized carbons (Fsp3) is 0.900. The maximum Gasteiger partial charge on any atom is 0.305 e. The van der Waals surface area contributed by atoms with E-state index in [0.717, 1.165) is 57.8 Å². The second-order valence-electron chi connectivity index (χ2n) is 20.3. The summed E-state index contributed by atoms with van der Waals surface area (Å²) in [4.78, 5) is 24.5. The molecule has 0 heterocycles. The van der Waals surface area contributed by atoms with E-state index in [0.29, 0.717) is 25.9 Å². The first-order valence-corrected chi connectivity index (χ1v) is 29.6. The van der Waals surface area contributed by atoms with Crippen LogP contribution in [-0.2, 0) is 14.3 Å². The lowest BCUT2D eigenvalue weighted by Crippen LogP contribution is -2.45. The summed E-state index contributed by atoms with van der Waals surface area (Å²) in [6.45, 7) is 4.90. The van der Waals surface area contributed by atoms with Crippen molar-refractivity contribution >= 4 is 11.9 Å². The van der Waals surface area contributed by atoms with Crippen LogP contribution in [0.5, 0.6) is 0 Å². The molecule has 0 fully saturated rings. The molecule has 0 aliphatic heterocycles. The molecule has 2 atom stereocenters. The van der Waals surface area contributed by atoms with Crippen molar-refractivity contribution in [3.63, 3.8) is 0 Å². The van der Waals surface area contributed by atoms with Crippen molar-refractivity contribution in [1.29, 1.82) is 0 Å². The molecule has 0 aromatic rings. The minimum atomic E-state index is -0.674. The van der Waals surface area contributed by atoms with Crippen LogP contribution in [0.2, 0.25) is 0 Å². The van der Waals surface area contributed by atoms with Crippen molar-refractivity contribution in [2.24, 2.45) is 0 Å². The van der Waals surface area contributed by atoms with Crippen molar-refractivity contribution in [1.82, 2.24) is 5.32 Å². The van der Waals surface area contributed by atoms with Crippen LogP contribution >= 0.6 is 0 Å². The Morgan fingerprint density at radius 1 is 0.424 bits per heavy atom. The molecule has 3 N–H and O–H groups in total. The van der Waals surface area contributed by atoms with Gasteiger partial charge in [0.25, 0.3) is 0 Å². The number of rotatable bonds is 55. The number of aliphatic hydroxyl groups is 2. The highest BCUT2D eigenvalue weighted by molar-refractivity contribution is 5.76. The molecule has 0 saturated carbocycles. The van der Waals surface area contributed by atoms with Crippen LogP contribution in [0.25, 0.3) is 0 Å². The predicted octanol–water partition coefficient (Wildman–Crippen LogP) is 18.2. The van der Waals surface area contributed by atoms with Crippen molar-refractivity contribution in [3.05, 3.63) is 24.3 Å². The molecular formula is C60H115NO5. The lowest BCUT2D eigenvalue weighted by Gasteiger charge is -2.22.